The zero-order valence-electron chi connectivity index (χ0n) is 13.8. The first kappa shape index (κ1) is 17.0. The molecule has 1 saturated heterocycles. The highest BCUT2D eigenvalue weighted by molar-refractivity contribution is 4.95. The summed E-state index contributed by atoms with van der Waals surface area (Å²) in [5.74, 6) is 0. The molecule has 0 aromatic carbocycles. The van der Waals surface area contributed by atoms with Crippen LogP contribution in [0.1, 0.15) is 79.1 Å². The van der Waals surface area contributed by atoms with Crippen LogP contribution in [-0.4, -0.2) is 36.1 Å². The third-order valence-corrected chi connectivity index (χ3v) is 4.82. The van der Waals surface area contributed by atoms with Crippen LogP contribution in [0.15, 0.2) is 0 Å². The van der Waals surface area contributed by atoms with Crippen molar-refractivity contribution in [2.75, 3.05) is 19.6 Å². The SMILES string of the molecule is CCCCCCCC(NCC)C(C)(C)N1CCCC1. The molecule has 0 spiro atoms. The zero-order valence-corrected chi connectivity index (χ0v) is 13.8. The summed E-state index contributed by atoms with van der Waals surface area (Å²) in [6.07, 6.45) is 11.1. The molecule has 1 atom stereocenters. The summed E-state index contributed by atoms with van der Waals surface area (Å²) in [5, 5.41) is 3.75. The average Bonchev–Trinajstić information content (AvgIpc) is 2.91. The third kappa shape index (κ3) is 5.43. The van der Waals surface area contributed by atoms with Gasteiger partial charge in [0.15, 0.2) is 0 Å². The number of unbranched alkanes of at least 4 members (excludes halogenated alkanes) is 4. The van der Waals surface area contributed by atoms with Gasteiger partial charge >= 0.3 is 0 Å². The van der Waals surface area contributed by atoms with Gasteiger partial charge in [0.25, 0.3) is 0 Å². The van der Waals surface area contributed by atoms with Crippen LogP contribution < -0.4 is 5.32 Å². The van der Waals surface area contributed by atoms with E-state index in [1.54, 1.807) is 0 Å². The van der Waals surface area contributed by atoms with Crippen molar-refractivity contribution in [3.63, 3.8) is 0 Å². The van der Waals surface area contributed by atoms with Crippen LogP contribution in [0.2, 0.25) is 0 Å². The number of rotatable bonds is 10. The predicted octanol–water partition coefficient (Wildman–Crippen LogP) is 4.20. The Hall–Kier alpha value is -0.0800. The largest absolute Gasteiger partial charge is 0.312 e. The van der Waals surface area contributed by atoms with Gasteiger partial charge in [-0.15, -0.1) is 0 Å². The van der Waals surface area contributed by atoms with Gasteiger partial charge in [-0.05, 0) is 52.7 Å². The summed E-state index contributed by atoms with van der Waals surface area (Å²) in [6, 6.07) is 0.650. The molecule has 1 aliphatic heterocycles. The Kier molecular flexibility index (Phi) is 8.01. The molecule has 0 amide bonds. The molecule has 1 unspecified atom stereocenters. The lowest BCUT2D eigenvalue weighted by molar-refractivity contribution is 0.102. The molecule has 0 aromatic heterocycles. The fourth-order valence-electron chi connectivity index (χ4n) is 3.42. The van der Waals surface area contributed by atoms with Gasteiger partial charge in [-0.2, -0.15) is 0 Å². The van der Waals surface area contributed by atoms with E-state index in [2.05, 4.69) is 37.9 Å². The Morgan fingerprint density at radius 3 is 2.21 bits per heavy atom. The average molecular weight is 268 g/mol. The van der Waals surface area contributed by atoms with Gasteiger partial charge in [0, 0.05) is 11.6 Å². The topological polar surface area (TPSA) is 15.3 Å². The minimum atomic E-state index is 0.317. The first-order chi connectivity index (χ1) is 9.12. The number of likely N-dealkylation sites (tertiary alicyclic amines) is 1. The summed E-state index contributed by atoms with van der Waals surface area (Å²) in [4.78, 5) is 2.70. The molecule has 1 heterocycles. The monoisotopic (exact) mass is 268 g/mol. The molecule has 1 rings (SSSR count). The highest BCUT2D eigenvalue weighted by atomic mass is 15.2. The maximum atomic E-state index is 3.75. The number of hydrogen-bond donors (Lipinski definition) is 1. The minimum Gasteiger partial charge on any atom is -0.312 e. The predicted molar refractivity (Wildman–Crippen MR) is 85.7 cm³/mol. The fraction of sp³-hybridized carbons (Fsp3) is 1.00. The van der Waals surface area contributed by atoms with Crippen LogP contribution in [0.4, 0.5) is 0 Å². The van der Waals surface area contributed by atoms with Crippen molar-refractivity contribution in [1.82, 2.24) is 10.2 Å². The highest BCUT2D eigenvalue weighted by Crippen LogP contribution is 2.27. The second-order valence-corrected chi connectivity index (χ2v) is 6.66. The standard InChI is InChI=1S/C17H36N2/c1-5-7-8-9-10-13-16(18-6-2)17(3,4)19-14-11-12-15-19/h16,18H,5-15H2,1-4H3. The smallest absolute Gasteiger partial charge is 0.0306 e. The Balaban J connectivity index is 2.40. The number of hydrogen-bond acceptors (Lipinski definition) is 2. The fourth-order valence-corrected chi connectivity index (χ4v) is 3.42. The van der Waals surface area contributed by atoms with Gasteiger partial charge in [0.2, 0.25) is 0 Å². The van der Waals surface area contributed by atoms with Crippen LogP contribution in [-0.2, 0) is 0 Å². The molecular formula is C17H36N2. The molecular weight excluding hydrogens is 232 g/mol. The summed E-state index contributed by atoms with van der Waals surface area (Å²) in [5.41, 5.74) is 0.317. The molecule has 1 N–H and O–H groups in total. The van der Waals surface area contributed by atoms with E-state index in [1.165, 1.54) is 64.5 Å². The Morgan fingerprint density at radius 1 is 1.00 bits per heavy atom. The number of nitrogens with zero attached hydrogens (tertiary/aromatic N) is 1. The van der Waals surface area contributed by atoms with Gasteiger partial charge in [0.1, 0.15) is 0 Å². The van der Waals surface area contributed by atoms with Crippen molar-refractivity contribution in [2.24, 2.45) is 0 Å². The Morgan fingerprint density at radius 2 is 1.63 bits per heavy atom. The first-order valence-electron chi connectivity index (χ1n) is 8.61. The van der Waals surface area contributed by atoms with Gasteiger partial charge in [-0.1, -0.05) is 46.0 Å². The summed E-state index contributed by atoms with van der Waals surface area (Å²) < 4.78 is 0. The molecule has 1 fully saturated rings. The van der Waals surface area contributed by atoms with E-state index in [-0.39, 0.29) is 0 Å². The summed E-state index contributed by atoms with van der Waals surface area (Å²) in [6.45, 7) is 13.1. The molecule has 2 heteroatoms. The van der Waals surface area contributed by atoms with Gasteiger partial charge in [0.05, 0.1) is 0 Å². The lowest BCUT2D eigenvalue weighted by Gasteiger charge is -2.42. The molecule has 0 saturated carbocycles. The molecule has 0 radical (unpaired) electrons. The van der Waals surface area contributed by atoms with Crippen LogP contribution in [0.5, 0.6) is 0 Å². The Labute approximate surface area is 121 Å². The number of likely N-dealkylation sites (N-methyl/N-ethyl adjacent to an activating group) is 1. The number of nitrogens with one attached hydrogen (secondary N) is 1. The maximum absolute atomic E-state index is 3.75. The summed E-state index contributed by atoms with van der Waals surface area (Å²) in [7, 11) is 0. The lowest BCUT2D eigenvalue weighted by Crippen LogP contribution is -2.56. The molecule has 0 bridgehead atoms. The maximum Gasteiger partial charge on any atom is 0.0306 e. The van der Waals surface area contributed by atoms with Crippen LogP contribution in [0.25, 0.3) is 0 Å². The van der Waals surface area contributed by atoms with Crippen molar-refractivity contribution in [3.8, 4) is 0 Å². The van der Waals surface area contributed by atoms with Crippen molar-refractivity contribution in [1.29, 1.82) is 0 Å². The Bertz CT molecular complexity index is 219. The molecule has 1 aliphatic rings. The van der Waals surface area contributed by atoms with E-state index in [0.29, 0.717) is 11.6 Å². The van der Waals surface area contributed by atoms with Crippen molar-refractivity contribution in [2.45, 2.75) is 90.6 Å². The van der Waals surface area contributed by atoms with Crippen molar-refractivity contribution < 1.29 is 0 Å². The van der Waals surface area contributed by atoms with Crippen LogP contribution in [0.3, 0.4) is 0 Å². The van der Waals surface area contributed by atoms with Gasteiger partial charge in [-0.3, -0.25) is 4.90 Å². The first-order valence-corrected chi connectivity index (χ1v) is 8.61. The quantitative estimate of drug-likeness (QED) is 0.597. The van der Waals surface area contributed by atoms with E-state index in [0.717, 1.165) is 6.54 Å². The molecule has 19 heavy (non-hydrogen) atoms. The minimum absolute atomic E-state index is 0.317. The lowest BCUT2D eigenvalue weighted by atomic mass is 9.88. The normalized spacial score (nSPS) is 18.9. The van der Waals surface area contributed by atoms with E-state index < -0.39 is 0 Å². The van der Waals surface area contributed by atoms with Gasteiger partial charge in [-0.25, -0.2) is 0 Å². The molecule has 114 valence electrons. The molecule has 2 nitrogen and oxygen atoms in total. The highest BCUT2D eigenvalue weighted by Gasteiger charge is 2.35. The van der Waals surface area contributed by atoms with E-state index in [9.17, 15) is 0 Å². The zero-order chi connectivity index (χ0) is 14.1. The van der Waals surface area contributed by atoms with Crippen molar-refractivity contribution in [3.05, 3.63) is 0 Å². The second-order valence-electron chi connectivity index (χ2n) is 6.66. The molecule has 0 aliphatic carbocycles. The third-order valence-electron chi connectivity index (χ3n) is 4.82. The van der Waals surface area contributed by atoms with E-state index in [1.807, 2.05) is 0 Å². The van der Waals surface area contributed by atoms with Crippen LogP contribution in [0, 0.1) is 0 Å². The van der Waals surface area contributed by atoms with Crippen LogP contribution >= 0.6 is 0 Å². The molecule has 0 aromatic rings. The van der Waals surface area contributed by atoms with E-state index in [4.69, 9.17) is 0 Å². The summed E-state index contributed by atoms with van der Waals surface area (Å²) >= 11 is 0. The second kappa shape index (κ2) is 8.97. The van der Waals surface area contributed by atoms with E-state index >= 15 is 0 Å². The van der Waals surface area contributed by atoms with Crippen molar-refractivity contribution >= 4 is 0 Å². The van der Waals surface area contributed by atoms with Gasteiger partial charge < -0.3 is 5.32 Å².